The zero-order chi connectivity index (χ0) is 12.3. The molecule has 2 rings (SSSR count). The Morgan fingerprint density at radius 3 is 3.12 bits per heavy atom. The summed E-state index contributed by atoms with van der Waals surface area (Å²) in [5, 5.41) is 14.3. The van der Waals surface area contributed by atoms with E-state index in [1.807, 2.05) is 0 Å². The molecule has 1 saturated heterocycles. The van der Waals surface area contributed by atoms with E-state index < -0.39 is 0 Å². The van der Waals surface area contributed by atoms with E-state index in [0.717, 1.165) is 12.3 Å². The van der Waals surface area contributed by atoms with E-state index in [4.69, 9.17) is 4.74 Å². The number of ether oxygens (including phenoxy) is 1. The molecule has 0 saturated carbocycles. The highest BCUT2D eigenvalue weighted by molar-refractivity contribution is 8.00. The van der Waals surface area contributed by atoms with Gasteiger partial charge in [-0.2, -0.15) is 0 Å². The molecule has 0 aliphatic carbocycles. The van der Waals surface area contributed by atoms with Gasteiger partial charge in [0.05, 0.1) is 16.4 Å². The van der Waals surface area contributed by atoms with Crippen LogP contribution in [0, 0.1) is 17.0 Å². The fourth-order valence-corrected chi connectivity index (χ4v) is 2.55. The van der Waals surface area contributed by atoms with Crippen LogP contribution in [0.5, 0.6) is 5.75 Å². The smallest absolute Gasteiger partial charge is 0.276 e. The van der Waals surface area contributed by atoms with Gasteiger partial charge in [-0.25, -0.2) is 0 Å². The summed E-state index contributed by atoms with van der Waals surface area (Å²) < 4.78 is 5.55. The maximum absolute atomic E-state index is 10.8. The van der Waals surface area contributed by atoms with Crippen LogP contribution in [0.25, 0.3) is 0 Å². The fraction of sp³-hybridized carbons (Fsp3) is 0.455. The molecule has 1 aromatic rings. The number of thioether (sulfide) groups is 1. The molecule has 0 spiro atoms. The van der Waals surface area contributed by atoms with Crippen LogP contribution in [-0.2, 0) is 0 Å². The highest BCUT2D eigenvalue weighted by Gasteiger charge is 2.16. The quantitative estimate of drug-likeness (QED) is 0.657. The molecule has 17 heavy (non-hydrogen) atoms. The number of hydrogen-bond donors (Lipinski definition) is 1. The lowest BCUT2D eigenvalue weighted by Crippen LogP contribution is -2.26. The third-order valence-corrected chi connectivity index (χ3v) is 3.72. The van der Waals surface area contributed by atoms with Crippen molar-refractivity contribution in [2.45, 2.75) is 12.3 Å². The van der Waals surface area contributed by atoms with Crippen LogP contribution in [-0.4, -0.2) is 29.2 Å². The predicted molar refractivity (Wildman–Crippen MR) is 67.6 cm³/mol. The van der Waals surface area contributed by atoms with Gasteiger partial charge in [0.2, 0.25) is 0 Å². The minimum Gasteiger partial charge on any atom is -0.491 e. The van der Waals surface area contributed by atoms with Gasteiger partial charge in [0.25, 0.3) is 5.69 Å². The first kappa shape index (κ1) is 12.2. The summed E-state index contributed by atoms with van der Waals surface area (Å²) in [5.41, 5.74) is 0.755. The number of nitro groups is 1. The third-order valence-electron chi connectivity index (χ3n) is 2.57. The second-order valence-electron chi connectivity index (χ2n) is 3.83. The third kappa shape index (κ3) is 3.10. The monoisotopic (exact) mass is 254 g/mol. The minimum absolute atomic E-state index is 0.106. The van der Waals surface area contributed by atoms with Crippen LogP contribution < -0.4 is 10.1 Å². The molecule has 0 aromatic heterocycles. The first-order valence-corrected chi connectivity index (χ1v) is 6.44. The van der Waals surface area contributed by atoms with Crippen molar-refractivity contribution in [3.05, 3.63) is 33.9 Å². The van der Waals surface area contributed by atoms with Gasteiger partial charge >= 0.3 is 0 Å². The zero-order valence-electron chi connectivity index (χ0n) is 9.51. The Balaban J connectivity index is 2.00. The van der Waals surface area contributed by atoms with Gasteiger partial charge in [0.15, 0.2) is 0 Å². The average Bonchev–Trinajstić information content (AvgIpc) is 2.80. The molecular weight excluding hydrogens is 240 g/mol. The van der Waals surface area contributed by atoms with Crippen molar-refractivity contribution in [1.29, 1.82) is 0 Å². The molecule has 0 bridgehead atoms. The number of nitro benzene ring substituents is 1. The molecule has 1 heterocycles. The molecule has 0 radical (unpaired) electrons. The lowest BCUT2D eigenvalue weighted by molar-refractivity contribution is -0.385. The number of nitrogens with one attached hydrogen (secondary N) is 1. The van der Waals surface area contributed by atoms with E-state index in [-0.39, 0.29) is 16.0 Å². The summed E-state index contributed by atoms with van der Waals surface area (Å²) in [4.78, 5) is 10.4. The summed E-state index contributed by atoms with van der Waals surface area (Å²) in [6, 6.07) is 4.96. The molecule has 1 atom stereocenters. The molecule has 1 unspecified atom stereocenters. The van der Waals surface area contributed by atoms with Gasteiger partial charge in [-0.15, -0.1) is 11.8 Å². The van der Waals surface area contributed by atoms with Crippen molar-refractivity contribution in [2.75, 3.05) is 18.9 Å². The predicted octanol–water partition coefficient (Wildman–Crippen LogP) is 1.94. The SMILES string of the molecule is Cc1ccc(OCC2NCCS2)cc1[N+](=O)[O-]. The van der Waals surface area contributed by atoms with Crippen molar-refractivity contribution < 1.29 is 9.66 Å². The molecule has 92 valence electrons. The summed E-state index contributed by atoms with van der Waals surface area (Å²) in [7, 11) is 0. The Morgan fingerprint density at radius 1 is 1.65 bits per heavy atom. The summed E-state index contributed by atoms with van der Waals surface area (Å²) in [6.45, 7) is 3.24. The van der Waals surface area contributed by atoms with Crippen LogP contribution in [0.15, 0.2) is 18.2 Å². The van der Waals surface area contributed by atoms with Crippen LogP contribution in [0.2, 0.25) is 0 Å². The van der Waals surface area contributed by atoms with Crippen molar-refractivity contribution in [2.24, 2.45) is 0 Å². The van der Waals surface area contributed by atoms with Crippen LogP contribution in [0.4, 0.5) is 5.69 Å². The van der Waals surface area contributed by atoms with Crippen LogP contribution in [0.1, 0.15) is 5.56 Å². The van der Waals surface area contributed by atoms with Gasteiger partial charge in [-0.1, -0.05) is 0 Å². The number of nitrogens with zero attached hydrogens (tertiary/aromatic N) is 1. The Hall–Kier alpha value is -1.27. The van der Waals surface area contributed by atoms with Crippen LogP contribution >= 0.6 is 11.8 Å². The van der Waals surface area contributed by atoms with Crippen molar-refractivity contribution in [1.82, 2.24) is 5.32 Å². The van der Waals surface area contributed by atoms with E-state index >= 15 is 0 Å². The normalized spacial score (nSPS) is 19.2. The van der Waals surface area contributed by atoms with E-state index in [1.165, 1.54) is 6.07 Å². The van der Waals surface area contributed by atoms with E-state index in [2.05, 4.69) is 5.32 Å². The van der Waals surface area contributed by atoms with E-state index in [9.17, 15) is 10.1 Å². The zero-order valence-corrected chi connectivity index (χ0v) is 10.3. The lowest BCUT2D eigenvalue weighted by Gasteiger charge is -2.11. The number of benzene rings is 1. The molecule has 1 aromatic carbocycles. The van der Waals surface area contributed by atoms with Gasteiger partial charge in [0, 0.05) is 17.9 Å². The molecule has 5 nitrogen and oxygen atoms in total. The average molecular weight is 254 g/mol. The molecule has 6 heteroatoms. The standard InChI is InChI=1S/C11H14N2O3S/c1-8-2-3-9(6-10(8)13(14)15)16-7-11-12-4-5-17-11/h2-3,6,11-12H,4-5,7H2,1H3. The topological polar surface area (TPSA) is 64.4 Å². The van der Waals surface area contributed by atoms with Gasteiger partial charge < -0.3 is 10.1 Å². The maximum atomic E-state index is 10.8. The second-order valence-corrected chi connectivity index (χ2v) is 5.14. The molecule has 1 N–H and O–H groups in total. The number of hydrogen-bond acceptors (Lipinski definition) is 5. The minimum atomic E-state index is -0.384. The van der Waals surface area contributed by atoms with Gasteiger partial charge in [-0.05, 0) is 19.1 Å². The van der Waals surface area contributed by atoms with E-state index in [0.29, 0.717) is 17.9 Å². The Kier molecular flexibility index (Phi) is 3.86. The first-order valence-electron chi connectivity index (χ1n) is 5.39. The second kappa shape index (κ2) is 5.37. The summed E-state index contributed by atoms with van der Waals surface area (Å²) in [5.74, 6) is 1.64. The fourth-order valence-electron chi connectivity index (χ4n) is 1.63. The van der Waals surface area contributed by atoms with Crippen molar-refractivity contribution in [3.8, 4) is 5.75 Å². The molecular formula is C11H14N2O3S. The highest BCUT2D eigenvalue weighted by atomic mass is 32.2. The largest absolute Gasteiger partial charge is 0.491 e. The molecule has 1 fully saturated rings. The van der Waals surface area contributed by atoms with E-state index in [1.54, 1.807) is 30.8 Å². The van der Waals surface area contributed by atoms with Crippen LogP contribution in [0.3, 0.4) is 0 Å². The summed E-state index contributed by atoms with van der Waals surface area (Å²) in [6.07, 6.45) is 0. The first-order chi connectivity index (χ1) is 8.16. The Morgan fingerprint density at radius 2 is 2.47 bits per heavy atom. The van der Waals surface area contributed by atoms with Gasteiger partial charge in [-0.3, -0.25) is 10.1 Å². The molecule has 0 amide bonds. The number of rotatable bonds is 4. The van der Waals surface area contributed by atoms with Crippen molar-refractivity contribution in [3.63, 3.8) is 0 Å². The Bertz CT molecular complexity index is 419. The Labute approximate surface area is 104 Å². The van der Waals surface area contributed by atoms with Crippen molar-refractivity contribution >= 4 is 17.4 Å². The maximum Gasteiger partial charge on any atom is 0.276 e. The lowest BCUT2D eigenvalue weighted by atomic mass is 10.2. The summed E-state index contributed by atoms with van der Waals surface area (Å²) >= 11 is 1.81. The molecule has 1 aliphatic rings. The van der Waals surface area contributed by atoms with Gasteiger partial charge in [0.1, 0.15) is 12.4 Å². The molecule has 1 aliphatic heterocycles. The highest BCUT2D eigenvalue weighted by Crippen LogP contribution is 2.24. The number of aryl methyl sites for hydroxylation is 1.